The minimum absolute atomic E-state index is 0.0733. The Morgan fingerprint density at radius 2 is 2.05 bits per heavy atom. The number of halogens is 4. The van der Waals surface area contributed by atoms with E-state index in [0.717, 1.165) is 16.4 Å². The molecule has 10 heteroatoms. The maximum atomic E-state index is 12.4. The molecule has 0 aliphatic carbocycles. The van der Waals surface area contributed by atoms with E-state index >= 15 is 0 Å². The van der Waals surface area contributed by atoms with E-state index in [2.05, 4.69) is 20.7 Å². The van der Waals surface area contributed by atoms with E-state index in [1.54, 1.807) is 0 Å². The standard InChI is InChI=1S/C11H12BrF3N2O3S/c12-7-1-2-10(9(5-7)20-11(13,14)15)21(18,19)17-4-3-8(16)6-17/h1-2,5,8H,3-4,6,16H2. The molecule has 5 nitrogen and oxygen atoms in total. The van der Waals surface area contributed by atoms with Gasteiger partial charge in [-0.15, -0.1) is 13.2 Å². The van der Waals surface area contributed by atoms with Crippen LogP contribution in [0.2, 0.25) is 0 Å². The van der Waals surface area contributed by atoms with Gasteiger partial charge in [-0.2, -0.15) is 4.31 Å². The molecule has 2 N–H and O–H groups in total. The number of alkyl halides is 3. The molecule has 1 aliphatic heterocycles. The fourth-order valence-electron chi connectivity index (χ4n) is 2.01. The molecule has 1 heterocycles. The van der Waals surface area contributed by atoms with Crippen LogP contribution >= 0.6 is 15.9 Å². The summed E-state index contributed by atoms with van der Waals surface area (Å²) in [5, 5.41) is 0. The van der Waals surface area contributed by atoms with E-state index in [0.29, 0.717) is 6.42 Å². The predicted octanol–water partition coefficient (Wildman–Crippen LogP) is 2.07. The van der Waals surface area contributed by atoms with Crippen LogP contribution in [0.4, 0.5) is 13.2 Å². The lowest BCUT2D eigenvalue weighted by Crippen LogP contribution is -2.32. The van der Waals surface area contributed by atoms with Crippen molar-refractivity contribution in [1.29, 1.82) is 0 Å². The molecule has 1 aromatic rings. The molecule has 1 atom stereocenters. The lowest BCUT2D eigenvalue weighted by molar-refractivity contribution is -0.275. The summed E-state index contributed by atoms with van der Waals surface area (Å²) >= 11 is 2.99. The van der Waals surface area contributed by atoms with Crippen LogP contribution in [0, 0.1) is 0 Å². The zero-order chi connectivity index (χ0) is 15.8. The van der Waals surface area contributed by atoms with Crippen LogP contribution in [0.1, 0.15) is 6.42 Å². The van der Waals surface area contributed by atoms with Gasteiger partial charge in [0.25, 0.3) is 0 Å². The summed E-state index contributed by atoms with van der Waals surface area (Å²) in [6.07, 6.45) is -4.52. The number of sulfonamides is 1. The third kappa shape index (κ3) is 3.87. The van der Waals surface area contributed by atoms with Gasteiger partial charge in [-0.1, -0.05) is 15.9 Å². The van der Waals surface area contributed by atoms with E-state index in [-0.39, 0.29) is 23.6 Å². The molecule has 21 heavy (non-hydrogen) atoms. The second kappa shape index (κ2) is 5.75. The van der Waals surface area contributed by atoms with Gasteiger partial charge in [0.2, 0.25) is 10.0 Å². The number of nitrogens with two attached hydrogens (primary N) is 1. The Hall–Kier alpha value is -0.840. The third-order valence-electron chi connectivity index (χ3n) is 2.94. The number of hydrogen-bond acceptors (Lipinski definition) is 4. The van der Waals surface area contributed by atoms with Crippen molar-refractivity contribution in [3.63, 3.8) is 0 Å². The van der Waals surface area contributed by atoms with Gasteiger partial charge >= 0.3 is 6.36 Å². The zero-order valence-corrected chi connectivity index (χ0v) is 13.0. The summed E-state index contributed by atoms with van der Waals surface area (Å²) in [5.41, 5.74) is 5.64. The summed E-state index contributed by atoms with van der Waals surface area (Å²) in [7, 11) is -4.08. The maximum absolute atomic E-state index is 12.4. The minimum atomic E-state index is -4.98. The third-order valence-corrected chi connectivity index (χ3v) is 5.33. The number of rotatable bonds is 3. The van der Waals surface area contributed by atoms with Crippen LogP contribution in [0.3, 0.4) is 0 Å². The van der Waals surface area contributed by atoms with Gasteiger partial charge < -0.3 is 10.5 Å². The van der Waals surface area contributed by atoms with Crippen molar-refractivity contribution in [1.82, 2.24) is 4.31 Å². The van der Waals surface area contributed by atoms with Crippen LogP contribution in [0.5, 0.6) is 5.75 Å². The largest absolute Gasteiger partial charge is 0.573 e. The number of benzene rings is 1. The van der Waals surface area contributed by atoms with Crippen LogP contribution in [-0.2, 0) is 10.0 Å². The number of hydrogen-bond donors (Lipinski definition) is 1. The van der Waals surface area contributed by atoms with Crippen molar-refractivity contribution < 1.29 is 26.3 Å². The fraction of sp³-hybridized carbons (Fsp3) is 0.455. The highest BCUT2D eigenvalue weighted by molar-refractivity contribution is 9.10. The molecule has 0 saturated carbocycles. The van der Waals surface area contributed by atoms with Gasteiger partial charge in [-0.05, 0) is 24.6 Å². The molecular formula is C11H12BrF3N2O3S. The summed E-state index contributed by atoms with van der Waals surface area (Å²) in [5.74, 6) is -0.766. The first-order chi connectivity index (χ1) is 9.59. The van der Waals surface area contributed by atoms with E-state index in [1.807, 2.05) is 0 Å². The van der Waals surface area contributed by atoms with Crippen LogP contribution in [-0.4, -0.2) is 38.2 Å². The Morgan fingerprint density at radius 1 is 1.38 bits per heavy atom. The molecule has 1 aromatic carbocycles. The normalized spacial score (nSPS) is 20.7. The second-order valence-corrected chi connectivity index (χ2v) is 7.37. The average Bonchev–Trinajstić information content (AvgIpc) is 2.74. The topological polar surface area (TPSA) is 72.6 Å². The van der Waals surface area contributed by atoms with Crippen LogP contribution in [0.15, 0.2) is 27.6 Å². The zero-order valence-electron chi connectivity index (χ0n) is 10.6. The Balaban J connectivity index is 2.43. The molecule has 0 bridgehead atoms. The van der Waals surface area contributed by atoms with Crippen molar-refractivity contribution in [3.05, 3.63) is 22.7 Å². The predicted molar refractivity (Wildman–Crippen MR) is 72.2 cm³/mol. The summed E-state index contributed by atoms with van der Waals surface area (Å²) in [6, 6.07) is 3.06. The molecule has 0 aromatic heterocycles. The Morgan fingerprint density at radius 3 is 2.57 bits per heavy atom. The van der Waals surface area contributed by atoms with Crippen molar-refractivity contribution in [2.24, 2.45) is 5.73 Å². The molecular weight excluding hydrogens is 377 g/mol. The smallest absolute Gasteiger partial charge is 0.404 e. The summed E-state index contributed by atoms with van der Waals surface area (Å²) in [6.45, 7) is 0.245. The Bertz CT molecular complexity index is 636. The minimum Gasteiger partial charge on any atom is -0.404 e. The molecule has 1 unspecified atom stereocenters. The van der Waals surface area contributed by atoms with Gasteiger partial charge in [0.1, 0.15) is 4.90 Å². The van der Waals surface area contributed by atoms with Crippen LogP contribution < -0.4 is 10.5 Å². The van der Waals surface area contributed by atoms with E-state index in [9.17, 15) is 21.6 Å². The monoisotopic (exact) mass is 388 g/mol. The molecule has 2 rings (SSSR count). The molecule has 0 spiro atoms. The number of nitrogens with zero attached hydrogens (tertiary/aromatic N) is 1. The van der Waals surface area contributed by atoms with Gasteiger partial charge in [-0.3, -0.25) is 0 Å². The van der Waals surface area contributed by atoms with E-state index < -0.39 is 27.0 Å². The lowest BCUT2D eigenvalue weighted by atomic mass is 10.3. The quantitative estimate of drug-likeness (QED) is 0.859. The Labute approximate surface area is 128 Å². The van der Waals surface area contributed by atoms with E-state index in [1.165, 1.54) is 6.07 Å². The van der Waals surface area contributed by atoms with E-state index in [4.69, 9.17) is 5.73 Å². The first kappa shape index (κ1) is 16.5. The molecule has 1 saturated heterocycles. The highest BCUT2D eigenvalue weighted by atomic mass is 79.9. The van der Waals surface area contributed by atoms with Gasteiger partial charge in [0.15, 0.2) is 5.75 Å². The van der Waals surface area contributed by atoms with Crippen molar-refractivity contribution in [3.8, 4) is 5.75 Å². The highest BCUT2D eigenvalue weighted by Crippen LogP contribution is 2.34. The Kier molecular flexibility index (Phi) is 4.52. The maximum Gasteiger partial charge on any atom is 0.573 e. The molecule has 118 valence electrons. The lowest BCUT2D eigenvalue weighted by Gasteiger charge is -2.19. The highest BCUT2D eigenvalue weighted by Gasteiger charge is 2.37. The van der Waals surface area contributed by atoms with Gasteiger partial charge in [-0.25, -0.2) is 8.42 Å². The molecule has 0 radical (unpaired) electrons. The molecule has 1 aliphatic rings. The van der Waals surface area contributed by atoms with Crippen molar-refractivity contribution in [2.75, 3.05) is 13.1 Å². The summed E-state index contributed by atoms with van der Waals surface area (Å²) in [4.78, 5) is -0.530. The van der Waals surface area contributed by atoms with Crippen molar-refractivity contribution >= 4 is 26.0 Å². The molecule has 1 fully saturated rings. The molecule has 0 amide bonds. The fourth-order valence-corrected chi connectivity index (χ4v) is 3.96. The van der Waals surface area contributed by atoms with Gasteiger partial charge in [0.05, 0.1) is 0 Å². The second-order valence-electron chi connectivity index (χ2n) is 4.55. The summed E-state index contributed by atoms with van der Waals surface area (Å²) < 4.78 is 67.2. The van der Waals surface area contributed by atoms with Gasteiger partial charge in [0, 0.05) is 23.6 Å². The average molecular weight is 389 g/mol. The van der Waals surface area contributed by atoms with Crippen molar-refractivity contribution in [2.45, 2.75) is 23.7 Å². The first-order valence-electron chi connectivity index (χ1n) is 5.90. The first-order valence-corrected chi connectivity index (χ1v) is 8.14. The SMILES string of the molecule is NC1CCN(S(=O)(=O)c2ccc(Br)cc2OC(F)(F)F)C1. The number of ether oxygens (including phenoxy) is 1. The van der Waals surface area contributed by atoms with Crippen LogP contribution in [0.25, 0.3) is 0 Å².